The van der Waals surface area contributed by atoms with E-state index in [0.29, 0.717) is 69.2 Å². The zero-order valence-electron chi connectivity index (χ0n) is 29.9. The highest BCUT2D eigenvalue weighted by molar-refractivity contribution is 7.15. The number of fused-ring (bicyclic) bond motifs is 3. The predicted octanol–water partition coefficient (Wildman–Crippen LogP) is 8.95. The third kappa shape index (κ3) is 6.78. The second kappa shape index (κ2) is 14.0. The highest BCUT2D eigenvalue weighted by atomic mass is 32.1. The van der Waals surface area contributed by atoms with E-state index in [2.05, 4.69) is 38.1 Å². The summed E-state index contributed by atoms with van der Waals surface area (Å²) in [7, 11) is 0. The van der Waals surface area contributed by atoms with Crippen molar-refractivity contribution in [2.45, 2.75) is 19.3 Å². The quantitative estimate of drug-likeness (QED) is 0.150. The fraction of sp³-hybridized carbons (Fsp3) is 0.0667. The summed E-state index contributed by atoms with van der Waals surface area (Å²) >= 11 is 1.52. The van der Waals surface area contributed by atoms with Gasteiger partial charge in [0.05, 0.1) is 37.6 Å². The van der Waals surface area contributed by atoms with Gasteiger partial charge in [0.1, 0.15) is 11.5 Å². The monoisotopic (exact) mass is 768 g/mol. The van der Waals surface area contributed by atoms with Gasteiger partial charge in [-0.1, -0.05) is 54.6 Å². The number of rotatable bonds is 9. The fourth-order valence-electron chi connectivity index (χ4n) is 6.99. The smallest absolute Gasteiger partial charge is 0.347 e. The molecule has 10 aromatic rings. The van der Waals surface area contributed by atoms with Crippen LogP contribution in [0, 0.1) is 0 Å². The molecular formula is C45H28N4O7S. The zero-order chi connectivity index (χ0) is 38.5. The summed E-state index contributed by atoms with van der Waals surface area (Å²) in [5, 5.41) is 1.27. The normalized spacial score (nSPS) is 11.6. The van der Waals surface area contributed by atoms with Gasteiger partial charge in [-0.3, -0.25) is 0 Å². The number of aromatic nitrogens is 4. The van der Waals surface area contributed by atoms with E-state index in [1.807, 2.05) is 48.5 Å². The van der Waals surface area contributed by atoms with Gasteiger partial charge < -0.3 is 22.7 Å². The molecular weight excluding hydrogens is 741 g/mol. The van der Waals surface area contributed by atoms with Crippen LogP contribution in [-0.4, -0.2) is 19.9 Å². The van der Waals surface area contributed by atoms with E-state index in [1.54, 1.807) is 60.7 Å². The van der Waals surface area contributed by atoms with Crippen LogP contribution < -0.4 is 16.9 Å². The predicted molar refractivity (Wildman–Crippen MR) is 216 cm³/mol. The first-order valence-electron chi connectivity index (χ1n) is 18.1. The van der Waals surface area contributed by atoms with Crippen molar-refractivity contribution < 1.29 is 17.7 Å². The van der Waals surface area contributed by atoms with E-state index in [9.17, 15) is 14.4 Å². The molecule has 0 spiro atoms. The fourth-order valence-corrected chi connectivity index (χ4v) is 7.96. The average molecular weight is 769 g/mol. The number of nitrogens with zero attached hydrogens (tertiary/aromatic N) is 3. The number of aromatic amines is 1. The van der Waals surface area contributed by atoms with Gasteiger partial charge in [-0.25, -0.2) is 29.3 Å². The summed E-state index contributed by atoms with van der Waals surface area (Å²) in [4.78, 5) is 56.9. The number of benzene rings is 4. The molecule has 12 heteroatoms. The van der Waals surface area contributed by atoms with Crippen LogP contribution >= 0.6 is 11.3 Å². The Labute approximate surface area is 325 Å². The lowest BCUT2D eigenvalue weighted by atomic mass is 9.98. The van der Waals surface area contributed by atoms with E-state index in [1.165, 1.54) is 11.3 Å². The largest absolute Gasteiger partial charge is 0.456 e. The SMILES string of the molecule is O=c1oc(-c2ccc(Cc3cc(Cc4ccc(-c5nc6ccccc6c(=O)o5)o4)cc(Cc4ccc(-c5nc6ccccc6c(=O)o5)s4)c3)[nH]2)nc2ccccc12. The molecule has 0 unspecified atom stereocenters. The maximum absolute atomic E-state index is 12.7. The molecule has 11 nitrogen and oxygen atoms in total. The van der Waals surface area contributed by atoms with Crippen LogP contribution in [0.15, 0.2) is 159 Å². The Bertz CT molecular complexity index is 2970. The molecule has 0 fully saturated rings. The molecule has 0 aliphatic rings. The number of hydrogen-bond acceptors (Lipinski definition) is 11. The maximum Gasteiger partial charge on any atom is 0.347 e. The minimum absolute atomic E-state index is 0.115. The molecule has 0 saturated carbocycles. The minimum atomic E-state index is -0.479. The lowest BCUT2D eigenvalue weighted by molar-refractivity contribution is 0.468. The van der Waals surface area contributed by atoms with E-state index in [4.69, 9.17) is 17.7 Å². The molecule has 0 bridgehead atoms. The van der Waals surface area contributed by atoms with Crippen LogP contribution in [0.3, 0.4) is 0 Å². The first kappa shape index (κ1) is 34.1. The van der Waals surface area contributed by atoms with Gasteiger partial charge in [0.25, 0.3) is 5.89 Å². The number of para-hydroxylation sites is 3. The van der Waals surface area contributed by atoms with Gasteiger partial charge >= 0.3 is 16.9 Å². The summed E-state index contributed by atoms with van der Waals surface area (Å²) in [6.07, 6.45) is 1.62. The molecule has 4 aromatic carbocycles. The van der Waals surface area contributed by atoms with Crippen molar-refractivity contribution in [3.8, 4) is 34.0 Å². The molecule has 6 aromatic heterocycles. The van der Waals surface area contributed by atoms with Crippen LogP contribution in [0.25, 0.3) is 66.7 Å². The van der Waals surface area contributed by atoms with Crippen molar-refractivity contribution in [3.63, 3.8) is 0 Å². The summed E-state index contributed by atoms with van der Waals surface area (Å²) in [5.41, 5.74) is 4.93. The summed E-state index contributed by atoms with van der Waals surface area (Å²) in [5.74, 6) is 1.64. The topological polar surface area (TPSA) is 158 Å². The molecule has 0 aliphatic carbocycles. The Balaban J connectivity index is 0.964. The number of nitrogens with one attached hydrogen (secondary N) is 1. The molecule has 0 amide bonds. The van der Waals surface area contributed by atoms with Gasteiger partial charge in [-0.15, -0.1) is 11.3 Å². The Morgan fingerprint density at radius 1 is 0.491 bits per heavy atom. The van der Waals surface area contributed by atoms with E-state index in [0.717, 1.165) is 32.1 Å². The highest BCUT2D eigenvalue weighted by Gasteiger charge is 2.16. The van der Waals surface area contributed by atoms with E-state index < -0.39 is 16.9 Å². The van der Waals surface area contributed by atoms with Crippen molar-refractivity contribution in [1.29, 1.82) is 0 Å². The van der Waals surface area contributed by atoms with Crippen molar-refractivity contribution in [3.05, 3.63) is 192 Å². The summed E-state index contributed by atoms with van der Waals surface area (Å²) in [6.45, 7) is 0. The Kier molecular flexibility index (Phi) is 8.37. The molecule has 0 radical (unpaired) electrons. The molecule has 57 heavy (non-hydrogen) atoms. The molecule has 6 heterocycles. The molecule has 276 valence electrons. The van der Waals surface area contributed by atoms with Gasteiger partial charge in [-0.05, 0) is 89.5 Å². The number of H-pyrrole nitrogens is 1. The van der Waals surface area contributed by atoms with Crippen LogP contribution in [0.4, 0.5) is 0 Å². The van der Waals surface area contributed by atoms with Gasteiger partial charge in [0.2, 0.25) is 11.8 Å². The average Bonchev–Trinajstić information content (AvgIpc) is 4.00. The Morgan fingerprint density at radius 3 is 1.70 bits per heavy atom. The highest BCUT2D eigenvalue weighted by Crippen LogP contribution is 2.30. The van der Waals surface area contributed by atoms with Crippen LogP contribution in [0.2, 0.25) is 0 Å². The minimum Gasteiger partial charge on any atom is -0.456 e. The second-order valence-corrected chi connectivity index (χ2v) is 14.8. The molecule has 10 rings (SSSR count). The molecule has 0 saturated heterocycles. The first-order valence-corrected chi connectivity index (χ1v) is 18.9. The second-order valence-electron chi connectivity index (χ2n) is 13.6. The van der Waals surface area contributed by atoms with Gasteiger partial charge in [-0.2, -0.15) is 0 Å². The Hall–Kier alpha value is -7.44. The van der Waals surface area contributed by atoms with Crippen molar-refractivity contribution in [2.75, 3.05) is 0 Å². The van der Waals surface area contributed by atoms with E-state index in [-0.39, 0.29) is 17.7 Å². The Morgan fingerprint density at radius 2 is 1.04 bits per heavy atom. The maximum atomic E-state index is 12.7. The van der Waals surface area contributed by atoms with Crippen molar-refractivity contribution >= 4 is 44.0 Å². The molecule has 0 atom stereocenters. The number of hydrogen-bond donors (Lipinski definition) is 1. The first-order chi connectivity index (χ1) is 27.9. The third-order valence-electron chi connectivity index (χ3n) is 9.59. The third-order valence-corrected chi connectivity index (χ3v) is 10.7. The standard InChI is InChI=1S/C45H28N4O7S/c50-43-31-7-1-4-10-34(31)47-40(54-43)37-16-13-28(46-37)22-25-19-26(23-29-14-17-38(53-29)41-48-35-11-5-2-8-32(35)44(51)55-41)21-27(20-25)24-30-15-18-39(57-30)42-49-36-12-6-3-9-33(36)45(52)56-42/h1-21,46H,22-24H2. The van der Waals surface area contributed by atoms with Crippen LogP contribution in [0.5, 0.6) is 0 Å². The van der Waals surface area contributed by atoms with Crippen molar-refractivity contribution in [2.24, 2.45) is 0 Å². The molecule has 0 aliphatic heterocycles. The van der Waals surface area contributed by atoms with Crippen LogP contribution in [0.1, 0.15) is 33.0 Å². The number of thiophene rings is 1. The zero-order valence-corrected chi connectivity index (χ0v) is 30.7. The van der Waals surface area contributed by atoms with E-state index >= 15 is 0 Å². The summed E-state index contributed by atoms with van der Waals surface area (Å²) in [6, 6.07) is 39.0. The summed E-state index contributed by atoms with van der Waals surface area (Å²) < 4.78 is 22.9. The van der Waals surface area contributed by atoms with Gasteiger partial charge in [0.15, 0.2) is 5.76 Å². The lowest BCUT2D eigenvalue weighted by Crippen LogP contribution is -2.02. The number of furan rings is 1. The lowest BCUT2D eigenvalue weighted by Gasteiger charge is -2.09. The van der Waals surface area contributed by atoms with Gasteiger partial charge in [0, 0.05) is 29.8 Å². The van der Waals surface area contributed by atoms with Crippen molar-refractivity contribution in [1.82, 2.24) is 19.9 Å². The molecule has 1 N–H and O–H groups in total. The van der Waals surface area contributed by atoms with Crippen LogP contribution in [-0.2, 0) is 19.3 Å².